The quantitative estimate of drug-likeness (QED) is 0.667. The van der Waals surface area contributed by atoms with E-state index in [9.17, 15) is 18.0 Å². The topological polar surface area (TPSA) is 29.1 Å². The highest BCUT2D eigenvalue weighted by molar-refractivity contribution is 5.98. The van der Waals surface area contributed by atoms with Crippen molar-refractivity contribution in [1.29, 1.82) is 0 Å². The molecule has 0 saturated carbocycles. The zero-order valence-electron chi connectivity index (χ0n) is 11.0. The van der Waals surface area contributed by atoms with Gasteiger partial charge in [-0.15, -0.1) is 0 Å². The van der Waals surface area contributed by atoms with Crippen molar-refractivity contribution >= 4 is 5.78 Å². The first-order chi connectivity index (χ1) is 9.54. The monoisotopic (exact) mass is 283 g/mol. The Kier molecular flexibility index (Phi) is 3.54. The van der Waals surface area contributed by atoms with Crippen molar-refractivity contribution in [1.82, 2.24) is 5.32 Å². The Morgan fingerprint density at radius 2 is 1.75 bits per heavy atom. The second-order valence-corrected chi connectivity index (χ2v) is 5.77. The first kappa shape index (κ1) is 13.6. The van der Waals surface area contributed by atoms with Gasteiger partial charge in [0.15, 0.2) is 17.4 Å². The van der Waals surface area contributed by atoms with Gasteiger partial charge in [0.1, 0.15) is 5.82 Å². The summed E-state index contributed by atoms with van der Waals surface area (Å²) in [5.41, 5.74) is -0.451. The van der Waals surface area contributed by atoms with Gasteiger partial charge in [-0.3, -0.25) is 4.79 Å². The van der Waals surface area contributed by atoms with Gasteiger partial charge >= 0.3 is 0 Å². The maximum atomic E-state index is 13.7. The van der Waals surface area contributed by atoms with Crippen LogP contribution in [0.25, 0.3) is 0 Å². The minimum absolute atomic E-state index is 0.262. The van der Waals surface area contributed by atoms with Crippen molar-refractivity contribution in [3.63, 3.8) is 0 Å². The number of hydrogen-bond donors (Lipinski definition) is 1. The highest BCUT2D eigenvalue weighted by Gasteiger charge is 2.36. The molecule has 2 heterocycles. The molecule has 2 unspecified atom stereocenters. The third kappa shape index (κ3) is 2.46. The van der Waals surface area contributed by atoms with Gasteiger partial charge in [0.2, 0.25) is 0 Å². The van der Waals surface area contributed by atoms with Crippen LogP contribution in [0.5, 0.6) is 0 Å². The molecule has 0 spiro atoms. The third-order valence-electron chi connectivity index (χ3n) is 4.34. The van der Waals surface area contributed by atoms with Crippen molar-refractivity contribution in [2.45, 2.75) is 44.2 Å². The molecule has 2 nitrogen and oxygen atoms in total. The van der Waals surface area contributed by atoms with Crippen LogP contribution in [0.1, 0.15) is 42.5 Å². The molecule has 2 fully saturated rings. The standard InChI is InChI=1S/C15H16F3NO/c16-9-6-12(14(18)13(17)7-9)15(20)8-4-10-2-1-3-11(5-8)19-10/h6-8,10-11,19H,1-5H2. The number of nitrogens with one attached hydrogen (secondary N) is 1. The number of Topliss-reactive ketones (excluding diaryl/α,β-unsaturated/α-hetero) is 1. The Morgan fingerprint density at radius 3 is 2.40 bits per heavy atom. The lowest BCUT2D eigenvalue weighted by molar-refractivity contribution is 0.0819. The van der Waals surface area contributed by atoms with E-state index in [4.69, 9.17) is 0 Å². The summed E-state index contributed by atoms with van der Waals surface area (Å²) in [6.07, 6.45) is 4.37. The molecule has 1 aromatic carbocycles. The second-order valence-electron chi connectivity index (χ2n) is 5.77. The molecule has 2 aliphatic heterocycles. The van der Waals surface area contributed by atoms with Crippen LogP contribution in [0, 0.1) is 23.4 Å². The summed E-state index contributed by atoms with van der Waals surface area (Å²) < 4.78 is 40.1. The molecule has 0 amide bonds. The molecule has 0 radical (unpaired) electrons. The minimum atomic E-state index is -1.30. The number of piperidine rings is 2. The molecule has 2 saturated heterocycles. The number of carbonyl (C=O) groups is 1. The van der Waals surface area contributed by atoms with E-state index in [-0.39, 0.29) is 18.0 Å². The van der Waals surface area contributed by atoms with Crippen molar-refractivity contribution < 1.29 is 18.0 Å². The third-order valence-corrected chi connectivity index (χ3v) is 4.34. The second kappa shape index (κ2) is 5.20. The van der Waals surface area contributed by atoms with E-state index in [1.54, 1.807) is 0 Å². The molecule has 1 aromatic rings. The maximum Gasteiger partial charge on any atom is 0.169 e. The number of carbonyl (C=O) groups excluding carboxylic acids is 1. The normalized spacial score (nSPS) is 29.2. The number of halogens is 3. The molecule has 5 heteroatoms. The van der Waals surface area contributed by atoms with Gasteiger partial charge in [-0.05, 0) is 31.7 Å². The molecule has 1 N–H and O–H groups in total. The van der Waals surface area contributed by atoms with Crippen LogP contribution >= 0.6 is 0 Å². The van der Waals surface area contributed by atoms with Crippen LogP contribution in [-0.2, 0) is 0 Å². The van der Waals surface area contributed by atoms with Crippen LogP contribution < -0.4 is 5.32 Å². The van der Waals surface area contributed by atoms with Crippen LogP contribution in [0.3, 0.4) is 0 Å². The maximum absolute atomic E-state index is 13.7. The molecular formula is C15H16F3NO. The van der Waals surface area contributed by atoms with Gasteiger partial charge in [-0.1, -0.05) is 6.42 Å². The number of benzene rings is 1. The first-order valence-electron chi connectivity index (χ1n) is 6.99. The summed E-state index contributed by atoms with van der Waals surface area (Å²) in [6, 6.07) is 1.79. The highest BCUT2D eigenvalue weighted by Crippen LogP contribution is 2.32. The van der Waals surface area contributed by atoms with E-state index in [0.717, 1.165) is 25.3 Å². The van der Waals surface area contributed by atoms with Gasteiger partial charge in [-0.2, -0.15) is 0 Å². The van der Waals surface area contributed by atoms with E-state index in [1.165, 1.54) is 0 Å². The Hall–Kier alpha value is -1.36. The van der Waals surface area contributed by atoms with Gasteiger partial charge in [-0.25, -0.2) is 13.2 Å². The molecule has 0 aliphatic carbocycles. The lowest BCUT2D eigenvalue weighted by Crippen LogP contribution is -2.50. The Bertz CT molecular complexity index is 534. The molecule has 2 atom stereocenters. The summed E-state index contributed by atoms with van der Waals surface area (Å²) in [4.78, 5) is 12.4. The summed E-state index contributed by atoms with van der Waals surface area (Å²) in [5.74, 6) is -4.27. The number of fused-ring (bicyclic) bond motifs is 2. The van der Waals surface area contributed by atoms with Crippen LogP contribution in [0.2, 0.25) is 0 Å². The van der Waals surface area contributed by atoms with E-state index in [1.807, 2.05) is 0 Å². The van der Waals surface area contributed by atoms with Crippen LogP contribution in [0.4, 0.5) is 13.2 Å². The van der Waals surface area contributed by atoms with E-state index in [0.29, 0.717) is 18.9 Å². The summed E-state index contributed by atoms with van der Waals surface area (Å²) in [7, 11) is 0. The summed E-state index contributed by atoms with van der Waals surface area (Å²) in [6.45, 7) is 0. The molecule has 2 bridgehead atoms. The van der Waals surface area contributed by atoms with Crippen molar-refractivity contribution in [2.24, 2.45) is 5.92 Å². The molecule has 2 aliphatic rings. The van der Waals surface area contributed by atoms with Gasteiger partial charge in [0.05, 0.1) is 5.56 Å². The van der Waals surface area contributed by atoms with E-state index in [2.05, 4.69) is 5.32 Å². The molecule has 0 aromatic heterocycles. The van der Waals surface area contributed by atoms with Crippen molar-refractivity contribution in [3.05, 3.63) is 35.1 Å². The number of ketones is 1. The fourth-order valence-electron chi connectivity index (χ4n) is 3.43. The van der Waals surface area contributed by atoms with Crippen molar-refractivity contribution in [3.8, 4) is 0 Å². The Morgan fingerprint density at radius 1 is 1.10 bits per heavy atom. The summed E-state index contributed by atoms with van der Waals surface area (Å²) in [5, 5.41) is 3.43. The first-order valence-corrected chi connectivity index (χ1v) is 6.99. The van der Waals surface area contributed by atoms with Crippen LogP contribution in [0.15, 0.2) is 12.1 Å². The number of rotatable bonds is 2. The highest BCUT2D eigenvalue weighted by atomic mass is 19.2. The van der Waals surface area contributed by atoms with Crippen molar-refractivity contribution in [2.75, 3.05) is 0 Å². The predicted molar refractivity (Wildman–Crippen MR) is 67.9 cm³/mol. The Labute approximate surface area is 115 Å². The van der Waals surface area contributed by atoms with Crippen LogP contribution in [-0.4, -0.2) is 17.9 Å². The Balaban J connectivity index is 1.86. The SMILES string of the molecule is O=C(c1cc(F)cc(F)c1F)C1CC2CCCC(C1)N2. The molecular weight excluding hydrogens is 267 g/mol. The predicted octanol–water partition coefficient (Wildman–Crippen LogP) is 3.21. The minimum Gasteiger partial charge on any atom is -0.311 e. The molecule has 20 heavy (non-hydrogen) atoms. The van der Waals surface area contributed by atoms with Gasteiger partial charge in [0, 0.05) is 24.1 Å². The fraction of sp³-hybridized carbons (Fsp3) is 0.533. The van der Waals surface area contributed by atoms with Gasteiger partial charge < -0.3 is 5.32 Å². The smallest absolute Gasteiger partial charge is 0.169 e. The summed E-state index contributed by atoms with van der Waals surface area (Å²) >= 11 is 0. The largest absolute Gasteiger partial charge is 0.311 e. The van der Waals surface area contributed by atoms with Gasteiger partial charge in [0.25, 0.3) is 0 Å². The molecule has 3 rings (SSSR count). The average Bonchev–Trinajstić information content (AvgIpc) is 2.41. The fourth-order valence-corrected chi connectivity index (χ4v) is 3.43. The zero-order chi connectivity index (χ0) is 14.3. The molecule has 108 valence electrons. The number of hydrogen-bond acceptors (Lipinski definition) is 2. The van der Waals surface area contributed by atoms with E-state index < -0.39 is 28.8 Å². The average molecular weight is 283 g/mol. The lowest BCUT2D eigenvalue weighted by atomic mass is 9.77. The lowest BCUT2D eigenvalue weighted by Gasteiger charge is -2.39. The zero-order valence-corrected chi connectivity index (χ0v) is 11.0. The van der Waals surface area contributed by atoms with E-state index >= 15 is 0 Å².